The van der Waals surface area contributed by atoms with Gasteiger partial charge in [0.2, 0.25) is 0 Å². The van der Waals surface area contributed by atoms with Crippen molar-refractivity contribution in [3.05, 3.63) is 12.7 Å². The van der Waals surface area contributed by atoms with Crippen LogP contribution in [-0.4, -0.2) is 42.1 Å². The summed E-state index contributed by atoms with van der Waals surface area (Å²) >= 11 is 0. The van der Waals surface area contributed by atoms with Gasteiger partial charge in [0.05, 0.1) is 6.10 Å². The van der Waals surface area contributed by atoms with Gasteiger partial charge in [0.15, 0.2) is 0 Å². The van der Waals surface area contributed by atoms with Crippen molar-refractivity contribution in [1.82, 2.24) is 4.90 Å². The first kappa shape index (κ1) is 11.6. The molecule has 2 atom stereocenters. The van der Waals surface area contributed by atoms with Gasteiger partial charge in [0.1, 0.15) is 6.10 Å². The summed E-state index contributed by atoms with van der Waals surface area (Å²) in [5.74, 6) is 0.123. The Balaban J connectivity index is 1.92. The number of carbonyl (C=O) groups is 1. The summed E-state index contributed by atoms with van der Waals surface area (Å²) < 4.78 is 5.63. The van der Waals surface area contributed by atoms with Crippen LogP contribution in [0, 0.1) is 0 Å². The van der Waals surface area contributed by atoms with Gasteiger partial charge in [-0.05, 0) is 25.7 Å². The van der Waals surface area contributed by atoms with E-state index in [1.807, 2.05) is 4.90 Å². The second-order valence-corrected chi connectivity index (χ2v) is 4.57. The van der Waals surface area contributed by atoms with Crippen molar-refractivity contribution < 1.29 is 9.53 Å². The molecule has 4 nitrogen and oxygen atoms in total. The molecular formula is C12H20N2O2. The van der Waals surface area contributed by atoms with E-state index in [2.05, 4.69) is 6.58 Å². The molecule has 2 N–H and O–H groups in total. The van der Waals surface area contributed by atoms with Gasteiger partial charge in [-0.1, -0.05) is 6.08 Å². The van der Waals surface area contributed by atoms with Gasteiger partial charge in [-0.25, -0.2) is 0 Å². The van der Waals surface area contributed by atoms with Crippen LogP contribution >= 0.6 is 0 Å². The highest BCUT2D eigenvalue weighted by atomic mass is 16.5. The molecule has 2 rings (SSSR count). The lowest BCUT2D eigenvalue weighted by molar-refractivity contribution is -0.142. The molecule has 0 radical (unpaired) electrons. The molecule has 2 unspecified atom stereocenters. The third-order valence-corrected chi connectivity index (χ3v) is 3.24. The molecule has 4 heteroatoms. The van der Waals surface area contributed by atoms with Crippen LogP contribution in [0.25, 0.3) is 0 Å². The minimum Gasteiger partial charge on any atom is -0.364 e. The molecule has 1 saturated heterocycles. The largest absolute Gasteiger partial charge is 0.364 e. The molecule has 0 aromatic carbocycles. The van der Waals surface area contributed by atoms with Crippen LogP contribution in [0.4, 0.5) is 0 Å². The number of nitrogens with zero attached hydrogens (tertiary/aromatic N) is 1. The lowest BCUT2D eigenvalue weighted by atomic mass is 10.2. The highest BCUT2D eigenvalue weighted by molar-refractivity contribution is 5.82. The highest BCUT2D eigenvalue weighted by Crippen LogP contribution is 2.29. The Morgan fingerprint density at radius 3 is 2.69 bits per heavy atom. The van der Waals surface area contributed by atoms with Crippen molar-refractivity contribution in [2.75, 3.05) is 13.1 Å². The molecule has 90 valence electrons. The zero-order valence-corrected chi connectivity index (χ0v) is 9.60. The molecule has 0 bridgehead atoms. The Labute approximate surface area is 96.4 Å². The summed E-state index contributed by atoms with van der Waals surface area (Å²) in [6.45, 7) is 4.84. The third-order valence-electron chi connectivity index (χ3n) is 3.24. The number of carbonyl (C=O) groups excluding carboxylic acids is 1. The van der Waals surface area contributed by atoms with Gasteiger partial charge in [-0.2, -0.15) is 0 Å². The fraction of sp³-hybridized carbons (Fsp3) is 0.750. The van der Waals surface area contributed by atoms with Gasteiger partial charge in [-0.15, -0.1) is 6.58 Å². The van der Waals surface area contributed by atoms with E-state index in [9.17, 15) is 4.79 Å². The first-order chi connectivity index (χ1) is 7.76. The average molecular weight is 224 g/mol. The quantitative estimate of drug-likeness (QED) is 0.698. The SMILES string of the molecule is C=CCN(C(=O)C1CCC(CN)O1)C1CC1. The molecule has 2 fully saturated rings. The normalized spacial score (nSPS) is 29.1. The van der Waals surface area contributed by atoms with Crippen molar-refractivity contribution in [2.45, 2.75) is 43.9 Å². The van der Waals surface area contributed by atoms with E-state index in [4.69, 9.17) is 10.5 Å². The number of hydrogen-bond acceptors (Lipinski definition) is 3. The summed E-state index contributed by atoms with van der Waals surface area (Å²) in [7, 11) is 0. The van der Waals surface area contributed by atoms with Crippen molar-refractivity contribution in [3.8, 4) is 0 Å². The Kier molecular flexibility index (Phi) is 3.61. The van der Waals surface area contributed by atoms with Crippen molar-refractivity contribution >= 4 is 5.91 Å². The van der Waals surface area contributed by atoms with Crippen LogP contribution in [0.1, 0.15) is 25.7 Å². The van der Waals surface area contributed by atoms with E-state index in [1.54, 1.807) is 6.08 Å². The van der Waals surface area contributed by atoms with Crippen LogP contribution in [0.2, 0.25) is 0 Å². The summed E-state index contributed by atoms with van der Waals surface area (Å²) in [4.78, 5) is 14.1. The molecule has 2 aliphatic rings. The maximum Gasteiger partial charge on any atom is 0.252 e. The standard InChI is InChI=1S/C12H20N2O2/c1-2-7-14(9-3-4-9)12(15)11-6-5-10(8-13)16-11/h2,9-11H,1,3-8,13H2. The molecule has 1 saturated carbocycles. The van der Waals surface area contributed by atoms with Gasteiger partial charge in [0, 0.05) is 19.1 Å². The first-order valence-electron chi connectivity index (χ1n) is 6.03. The van der Waals surface area contributed by atoms with E-state index in [1.165, 1.54) is 0 Å². The molecule has 1 aliphatic carbocycles. The van der Waals surface area contributed by atoms with Crippen molar-refractivity contribution in [2.24, 2.45) is 5.73 Å². The lowest BCUT2D eigenvalue weighted by Gasteiger charge is -2.24. The Bertz CT molecular complexity index is 276. The lowest BCUT2D eigenvalue weighted by Crippen LogP contribution is -2.41. The molecular weight excluding hydrogens is 204 g/mol. The van der Waals surface area contributed by atoms with Crippen LogP contribution in [0.15, 0.2) is 12.7 Å². The topological polar surface area (TPSA) is 55.6 Å². The fourth-order valence-electron chi connectivity index (χ4n) is 2.19. The zero-order chi connectivity index (χ0) is 11.5. The van der Waals surface area contributed by atoms with Crippen molar-refractivity contribution in [3.63, 3.8) is 0 Å². The molecule has 0 aromatic rings. The van der Waals surface area contributed by atoms with Gasteiger partial charge in [0.25, 0.3) is 5.91 Å². The van der Waals surface area contributed by atoms with Gasteiger partial charge < -0.3 is 15.4 Å². The molecule has 0 aromatic heterocycles. The predicted octanol–water partition coefficient (Wildman–Crippen LogP) is 0.670. The van der Waals surface area contributed by atoms with Crippen molar-refractivity contribution in [1.29, 1.82) is 0 Å². The van der Waals surface area contributed by atoms with Crippen LogP contribution < -0.4 is 5.73 Å². The summed E-state index contributed by atoms with van der Waals surface area (Å²) in [6, 6.07) is 0.422. The van der Waals surface area contributed by atoms with Gasteiger partial charge >= 0.3 is 0 Å². The number of rotatable bonds is 5. The molecule has 1 heterocycles. The van der Waals surface area contributed by atoms with E-state index < -0.39 is 0 Å². The number of amides is 1. The fourth-order valence-corrected chi connectivity index (χ4v) is 2.19. The number of hydrogen-bond donors (Lipinski definition) is 1. The zero-order valence-electron chi connectivity index (χ0n) is 9.60. The average Bonchev–Trinajstić information content (AvgIpc) is 3.02. The maximum atomic E-state index is 12.2. The second-order valence-electron chi connectivity index (χ2n) is 4.57. The summed E-state index contributed by atoms with van der Waals surface area (Å²) in [5, 5.41) is 0. The molecule has 0 spiro atoms. The smallest absolute Gasteiger partial charge is 0.252 e. The molecule has 16 heavy (non-hydrogen) atoms. The van der Waals surface area contributed by atoms with E-state index in [0.717, 1.165) is 25.7 Å². The minimum atomic E-state index is -0.269. The minimum absolute atomic E-state index is 0.0683. The number of nitrogens with two attached hydrogens (primary N) is 1. The molecule has 1 aliphatic heterocycles. The summed E-state index contributed by atoms with van der Waals surface area (Å²) in [6.07, 6.45) is 5.53. The summed E-state index contributed by atoms with van der Waals surface area (Å²) in [5.41, 5.74) is 5.54. The second kappa shape index (κ2) is 4.97. The Morgan fingerprint density at radius 1 is 1.44 bits per heavy atom. The monoisotopic (exact) mass is 224 g/mol. The Hall–Kier alpha value is -0.870. The number of ether oxygens (including phenoxy) is 1. The van der Waals surface area contributed by atoms with E-state index in [0.29, 0.717) is 19.1 Å². The maximum absolute atomic E-state index is 12.2. The molecule has 1 amide bonds. The third kappa shape index (κ3) is 2.44. The van der Waals surface area contributed by atoms with E-state index in [-0.39, 0.29) is 18.1 Å². The Morgan fingerprint density at radius 2 is 2.19 bits per heavy atom. The first-order valence-corrected chi connectivity index (χ1v) is 6.03. The van der Waals surface area contributed by atoms with Crippen LogP contribution in [0.5, 0.6) is 0 Å². The highest BCUT2D eigenvalue weighted by Gasteiger charge is 2.38. The predicted molar refractivity (Wildman–Crippen MR) is 61.9 cm³/mol. The van der Waals surface area contributed by atoms with Gasteiger partial charge in [-0.3, -0.25) is 4.79 Å². The van der Waals surface area contributed by atoms with Crippen LogP contribution in [-0.2, 0) is 9.53 Å². The van der Waals surface area contributed by atoms with E-state index >= 15 is 0 Å². The van der Waals surface area contributed by atoms with Crippen LogP contribution in [0.3, 0.4) is 0 Å².